The maximum absolute atomic E-state index is 6.08. The van der Waals surface area contributed by atoms with Crippen molar-refractivity contribution in [2.24, 2.45) is 4.99 Å². The Hall–Kier alpha value is -3.19. The summed E-state index contributed by atoms with van der Waals surface area (Å²) in [4.78, 5) is 15.3. The summed E-state index contributed by atoms with van der Waals surface area (Å²) in [6.07, 6.45) is 7.30. The Labute approximate surface area is 177 Å². The second-order valence-electron chi connectivity index (χ2n) is 7.56. The lowest BCUT2D eigenvalue weighted by Gasteiger charge is -2.35. The minimum absolute atomic E-state index is 0.0500. The zero-order chi connectivity index (χ0) is 20.9. The molecule has 0 amide bonds. The van der Waals surface area contributed by atoms with Crippen molar-refractivity contribution < 1.29 is 4.74 Å². The summed E-state index contributed by atoms with van der Waals surface area (Å²) >= 11 is 0. The van der Waals surface area contributed by atoms with Crippen LogP contribution in [0.3, 0.4) is 0 Å². The van der Waals surface area contributed by atoms with Gasteiger partial charge in [-0.25, -0.2) is 9.97 Å². The van der Waals surface area contributed by atoms with E-state index in [4.69, 9.17) is 4.74 Å². The first-order valence-corrected chi connectivity index (χ1v) is 10.2. The van der Waals surface area contributed by atoms with Crippen LogP contribution in [0.1, 0.15) is 28.4 Å². The molecule has 1 atom stereocenters. The fourth-order valence-electron chi connectivity index (χ4n) is 3.80. The number of hydrogen-bond donors (Lipinski definition) is 1. The monoisotopic (exact) mass is 404 g/mol. The molecular weight excluding hydrogens is 376 g/mol. The summed E-state index contributed by atoms with van der Waals surface area (Å²) in [7, 11) is 1.82. The van der Waals surface area contributed by atoms with Crippen molar-refractivity contribution >= 4 is 5.96 Å². The van der Waals surface area contributed by atoms with Crippen LogP contribution in [-0.4, -0.2) is 52.1 Å². The number of guanidine groups is 1. The summed E-state index contributed by atoms with van der Waals surface area (Å²) in [5.41, 5.74) is 4.89. The topological polar surface area (TPSA) is 67.6 Å². The molecule has 0 bridgehead atoms. The van der Waals surface area contributed by atoms with Gasteiger partial charge in [-0.1, -0.05) is 29.8 Å². The fraction of sp³-hybridized carbons (Fsp3) is 0.348. The number of morpholine rings is 1. The first-order chi connectivity index (χ1) is 14.6. The Morgan fingerprint density at radius 1 is 1.27 bits per heavy atom. The highest BCUT2D eigenvalue weighted by atomic mass is 16.5. The van der Waals surface area contributed by atoms with Crippen molar-refractivity contribution in [1.29, 1.82) is 0 Å². The van der Waals surface area contributed by atoms with E-state index in [0.29, 0.717) is 13.2 Å². The molecular formula is C23H28N6O. The molecule has 1 unspecified atom stereocenters. The van der Waals surface area contributed by atoms with Gasteiger partial charge in [-0.05, 0) is 36.6 Å². The van der Waals surface area contributed by atoms with Crippen LogP contribution in [0, 0.1) is 13.8 Å². The third kappa shape index (κ3) is 4.52. The highest BCUT2D eigenvalue weighted by Crippen LogP contribution is 2.26. The highest BCUT2D eigenvalue weighted by Gasteiger charge is 2.25. The number of aryl methyl sites for hydroxylation is 2. The third-order valence-electron chi connectivity index (χ3n) is 5.38. The van der Waals surface area contributed by atoms with E-state index in [2.05, 4.69) is 63.3 Å². The van der Waals surface area contributed by atoms with Crippen LogP contribution in [0.15, 0.2) is 60.2 Å². The molecule has 1 aliphatic heterocycles. The van der Waals surface area contributed by atoms with Crippen LogP contribution in [0.5, 0.6) is 0 Å². The molecule has 0 aliphatic carbocycles. The number of nitrogens with one attached hydrogen (secondary N) is 1. The molecule has 3 heterocycles. The quantitative estimate of drug-likeness (QED) is 0.535. The van der Waals surface area contributed by atoms with Crippen LogP contribution in [0.4, 0.5) is 0 Å². The average Bonchev–Trinajstić information content (AvgIpc) is 3.30. The number of nitrogens with zero attached hydrogens (tertiary/aromatic N) is 5. The van der Waals surface area contributed by atoms with Crippen LogP contribution >= 0.6 is 0 Å². The van der Waals surface area contributed by atoms with Crippen molar-refractivity contribution in [2.75, 3.05) is 26.7 Å². The van der Waals surface area contributed by atoms with Gasteiger partial charge in [-0.2, -0.15) is 0 Å². The molecule has 0 spiro atoms. The predicted molar refractivity (Wildman–Crippen MR) is 118 cm³/mol. The summed E-state index contributed by atoms with van der Waals surface area (Å²) in [6.45, 7) is 7.21. The van der Waals surface area contributed by atoms with E-state index < -0.39 is 0 Å². The van der Waals surface area contributed by atoms with Gasteiger partial charge in [-0.15, -0.1) is 0 Å². The zero-order valence-corrected chi connectivity index (χ0v) is 17.7. The number of aromatic nitrogens is 3. The molecule has 0 radical (unpaired) electrons. The molecule has 30 heavy (non-hydrogen) atoms. The summed E-state index contributed by atoms with van der Waals surface area (Å²) in [5, 5.41) is 3.47. The van der Waals surface area contributed by atoms with Gasteiger partial charge < -0.3 is 15.0 Å². The van der Waals surface area contributed by atoms with Crippen LogP contribution in [0.25, 0.3) is 5.82 Å². The molecule has 156 valence electrons. The van der Waals surface area contributed by atoms with Gasteiger partial charge in [0.15, 0.2) is 5.96 Å². The summed E-state index contributed by atoms with van der Waals surface area (Å²) in [5.74, 6) is 1.73. The van der Waals surface area contributed by atoms with Crippen molar-refractivity contribution in [3.63, 3.8) is 0 Å². The molecule has 1 saturated heterocycles. The molecule has 7 nitrogen and oxygen atoms in total. The Bertz CT molecular complexity index is 997. The molecule has 1 aliphatic rings. The predicted octanol–water partition coefficient (Wildman–Crippen LogP) is 3.03. The maximum Gasteiger partial charge on any atom is 0.194 e. The van der Waals surface area contributed by atoms with Crippen LogP contribution < -0.4 is 5.32 Å². The Morgan fingerprint density at radius 2 is 2.17 bits per heavy atom. The number of pyridine rings is 1. The van der Waals surface area contributed by atoms with E-state index >= 15 is 0 Å². The standard InChI is InChI=1S/C23H28N6O/c1-17-4-6-20(18(2)12-17)21-15-28(10-11-30-21)23(24-3)27-14-19-5-7-22(26-13-19)29-9-8-25-16-29/h4-9,12-13,16,21H,10-11,14-15H2,1-3H3,(H,24,27). The Kier molecular flexibility index (Phi) is 6.09. The summed E-state index contributed by atoms with van der Waals surface area (Å²) in [6, 6.07) is 10.6. The number of benzene rings is 1. The fourth-order valence-corrected chi connectivity index (χ4v) is 3.80. The minimum Gasteiger partial charge on any atom is -0.370 e. The third-order valence-corrected chi connectivity index (χ3v) is 5.38. The number of imidazole rings is 1. The van der Waals surface area contributed by atoms with Gasteiger partial charge in [-0.3, -0.25) is 9.56 Å². The van der Waals surface area contributed by atoms with Gasteiger partial charge in [0.05, 0.1) is 13.2 Å². The molecule has 2 aromatic heterocycles. The average molecular weight is 405 g/mol. The SMILES string of the molecule is CN=C(NCc1ccc(-n2ccnc2)nc1)N1CCOC(c2ccc(C)cc2C)C1. The van der Waals surface area contributed by atoms with Gasteiger partial charge in [0, 0.05) is 38.7 Å². The first-order valence-electron chi connectivity index (χ1n) is 10.2. The van der Waals surface area contributed by atoms with Crippen molar-refractivity contribution in [2.45, 2.75) is 26.5 Å². The summed E-state index contributed by atoms with van der Waals surface area (Å²) < 4.78 is 7.97. The molecule has 7 heteroatoms. The second kappa shape index (κ2) is 9.09. The van der Waals surface area contributed by atoms with E-state index in [1.165, 1.54) is 16.7 Å². The molecule has 0 saturated carbocycles. The molecule has 1 aromatic carbocycles. The Balaban J connectivity index is 1.39. The van der Waals surface area contributed by atoms with Crippen LogP contribution in [0.2, 0.25) is 0 Å². The van der Waals surface area contributed by atoms with E-state index in [-0.39, 0.29) is 6.10 Å². The number of aliphatic imine (C=N–C) groups is 1. The van der Waals surface area contributed by atoms with Crippen LogP contribution in [-0.2, 0) is 11.3 Å². The smallest absolute Gasteiger partial charge is 0.194 e. The van der Waals surface area contributed by atoms with E-state index in [9.17, 15) is 0 Å². The van der Waals surface area contributed by atoms with Crippen molar-refractivity contribution in [3.8, 4) is 5.82 Å². The normalized spacial score (nSPS) is 17.2. The van der Waals surface area contributed by atoms with Gasteiger partial charge >= 0.3 is 0 Å². The lowest BCUT2D eigenvalue weighted by molar-refractivity contribution is -0.00834. The minimum atomic E-state index is 0.0500. The Morgan fingerprint density at radius 3 is 2.87 bits per heavy atom. The number of ether oxygens (including phenoxy) is 1. The van der Waals surface area contributed by atoms with Crippen molar-refractivity contribution in [1.82, 2.24) is 24.8 Å². The van der Waals surface area contributed by atoms with Gasteiger partial charge in [0.25, 0.3) is 0 Å². The first kappa shape index (κ1) is 20.1. The van der Waals surface area contributed by atoms with Crippen molar-refractivity contribution in [3.05, 3.63) is 77.5 Å². The molecule has 3 aromatic rings. The van der Waals surface area contributed by atoms with E-state index in [0.717, 1.165) is 30.4 Å². The molecule has 1 fully saturated rings. The number of hydrogen-bond acceptors (Lipinski definition) is 4. The van der Waals surface area contributed by atoms with E-state index in [1.54, 1.807) is 12.5 Å². The van der Waals surface area contributed by atoms with Gasteiger partial charge in [0.1, 0.15) is 18.2 Å². The lowest BCUT2D eigenvalue weighted by atomic mass is 10.00. The largest absolute Gasteiger partial charge is 0.370 e. The molecule has 1 N–H and O–H groups in total. The highest BCUT2D eigenvalue weighted by molar-refractivity contribution is 5.80. The lowest BCUT2D eigenvalue weighted by Crippen LogP contribution is -2.48. The zero-order valence-electron chi connectivity index (χ0n) is 17.7. The van der Waals surface area contributed by atoms with Gasteiger partial charge in [0.2, 0.25) is 0 Å². The number of rotatable bonds is 4. The molecule has 4 rings (SSSR count). The van der Waals surface area contributed by atoms with E-state index in [1.807, 2.05) is 30.1 Å². The maximum atomic E-state index is 6.08. The second-order valence-corrected chi connectivity index (χ2v) is 7.56.